The van der Waals surface area contributed by atoms with Crippen molar-refractivity contribution >= 4 is 0 Å². The molecule has 4 aromatic rings. The van der Waals surface area contributed by atoms with E-state index in [1.54, 1.807) is 30.1 Å². The van der Waals surface area contributed by atoms with Crippen LogP contribution in [0.25, 0.3) is 22.5 Å². The summed E-state index contributed by atoms with van der Waals surface area (Å²) in [4.78, 5) is 4.33. The Morgan fingerprint density at radius 3 is 2.58 bits per heavy atom. The number of nitrogens with zero attached hydrogens (tertiary/aromatic N) is 4. The van der Waals surface area contributed by atoms with E-state index in [1.807, 2.05) is 54.6 Å². The van der Waals surface area contributed by atoms with E-state index in [2.05, 4.69) is 16.2 Å². The Balaban J connectivity index is 1.70. The van der Waals surface area contributed by atoms with Crippen molar-refractivity contribution in [1.82, 2.24) is 14.8 Å². The van der Waals surface area contributed by atoms with Crippen LogP contribution in [-0.4, -0.2) is 26.4 Å². The number of aromatic nitrogens is 3. The van der Waals surface area contributed by atoms with Gasteiger partial charge in [0, 0.05) is 31.4 Å². The minimum atomic E-state index is -0.704. The van der Waals surface area contributed by atoms with Gasteiger partial charge in [-0.1, -0.05) is 30.3 Å². The van der Waals surface area contributed by atoms with Crippen LogP contribution >= 0.6 is 0 Å². The van der Waals surface area contributed by atoms with E-state index in [0.717, 1.165) is 22.4 Å². The molecule has 0 amide bonds. The lowest BCUT2D eigenvalue weighted by Crippen LogP contribution is -2.11. The van der Waals surface area contributed by atoms with E-state index in [0.29, 0.717) is 22.9 Å². The summed E-state index contributed by atoms with van der Waals surface area (Å²) in [6, 6.07) is 22.3. The fraction of sp³-hybridized carbons (Fsp3) is 0.125. The first-order chi connectivity index (χ1) is 15.1. The van der Waals surface area contributed by atoms with E-state index in [4.69, 9.17) is 10.5 Å². The van der Waals surface area contributed by atoms with Gasteiger partial charge in [-0.2, -0.15) is 10.4 Å². The summed E-state index contributed by atoms with van der Waals surface area (Å²) in [5, 5.41) is 23.8. The van der Waals surface area contributed by atoms with Gasteiger partial charge in [0.05, 0.1) is 23.4 Å². The Hall–Kier alpha value is -3.99. The van der Waals surface area contributed by atoms with Gasteiger partial charge in [-0.3, -0.25) is 4.98 Å². The Bertz CT molecular complexity index is 1230. The first-order valence-corrected chi connectivity index (χ1v) is 9.75. The highest BCUT2D eigenvalue weighted by Crippen LogP contribution is 2.35. The molecule has 1 unspecified atom stereocenters. The number of aryl methyl sites for hydroxylation is 1. The first-order valence-electron chi connectivity index (χ1n) is 9.75. The maximum Gasteiger partial charge on any atom is 0.218 e. The van der Waals surface area contributed by atoms with Gasteiger partial charge in [-0.15, -0.1) is 0 Å². The van der Waals surface area contributed by atoms with Gasteiger partial charge < -0.3 is 15.6 Å². The highest BCUT2D eigenvalue weighted by molar-refractivity contribution is 5.72. The number of ether oxygens (including phenoxy) is 1. The molecule has 0 radical (unpaired) electrons. The van der Waals surface area contributed by atoms with Crippen LogP contribution in [0.3, 0.4) is 0 Å². The zero-order valence-electron chi connectivity index (χ0n) is 16.9. The fourth-order valence-corrected chi connectivity index (χ4v) is 3.23. The van der Waals surface area contributed by atoms with Crippen molar-refractivity contribution in [3.63, 3.8) is 0 Å². The van der Waals surface area contributed by atoms with Gasteiger partial charge in [0.25, 0.3) is 0 Å². The van der Waals surface area contributed by atoms with Crippen molar-refractivity contribution in [2.75, 3.05) is 6.54 Å². The second-order valence-electron chi connectivity index (χ2n) is 7.00. The van der Waals surface area contributed by atoms with Crippen molar-refractivity contribution in [1.29, 1.82) is 5.26 Å². The van der Waals surface area contributed by atoms with E-state index in [1.165, 1.54) is 0 Å². The zero-order valence-corrected chi connectivity index (χ0v) is 16.9. The second-order valence-corrected chi connectivity index (χ2v) is 7.00. The van der Waals surface area contributed by atoms with Crippen LogP contribution in [0.2, 0.25) is 0 Å². The summed E-state index contributed by atoms with van der Waals surface area (Å²) in [5.41, 5.74) is 9.91. The minimum absolute atomic E-state index is 0.156. The molecule has 0 saturated carbocycles. The number of rotatable bonds is 6. The van der Waals surface area contributed by atoms with Gasteiger partial charge >= 0.3 is 0 Å². The van der Waals surface area contributed by atoms with Crippen molar-refractivity contribution in [3.05, 3.63) is 84.1 Å². The second kappa shape index (κ2) is 8.79. The van der Waals surface area contributed by atoms with Gasteiger partial charge in [-0.25, -0.2) is 4.68 Å². The van der Waals surface area contributed by atoms with Crippen molar-refractivity contribution in [2.45, 2.75) is 6.10 Å². The summed E-state index contributed by atoms with van der Waals surface area (Å²) >= 11 is 0. The summed E-state index contributed by atoms with van der Waals surface area (Å²) in [6.07, 6.45) is 1.01. The highest BCUT2D eigenvalue weighted by atomic mass is 16.5. The van der Waals surface area contributed by atoms with Crippen LogP contribution in [-0.2, 0) is 7.05 Å². The van der Waals surface area contributed by atoms with Crippen LogP contribution in [0.4, 0.5) is 0 Å². The molecule has 0 spiro atoms. The van der Waals surface area contributed by atoms with Crippen LogP contribution in [0.1, 0.15) is 17.2 Å². The Morgan fingerprint density at radius 1 is 1.10 bits per heavy atom. The molecule has 154 valence electrons. The van der Waals surface area contributed by atoms with Crippen molar-refractivity contribution in [3.8, 4) is 40.2 Å². The SMILES string of the molecule is Cn1nc(-c2ccccn2)cc1Oc1cc(C#N)ccc1-c1ccc(C(O)CN)cc1. The highest BCUT2D eigenvalue weighted by Gasteiger charge is 2.15. The number of pyridine rings is 1. The molecule has 4 rings (SSSR count). The third kappa shape index (κ3) is 4.31. The number of nitrogens with two attached hydrogens (primary N) is 1. The topological polar surface area (TPSA) is 110 Å². The smallest absolute Gasteiger partial charge is 0.218 e. The Kier molecular flexibility index (Phi) is 5.76. The fourth-order valence-electron chi connectivity index (χ4n) is 3.23. The van der Waals surface area contributed by atoms with Crippen LogP contribution in [0.5, 0.6) is 11.6 Å². The molecule has 2 heterocycles. The Morgan fingerprint density at radius 2 is 1.90 bits per heavy atom. The molecule has 0 bridgehead atoms. The molecule has 2 aromatic heterocycles. The number of nitriles is 1. The summed E-state index contributed by atoms with van der Waals surface area (Å²) in [7, 11) is 1.79. The van der Waals surface area contributed by atoms with Gasteiger partial charge in [0.2, 0.25) is 5.88 Å². The number of aliphatic hydroxyl groups is 1. The average molecular weight is 411 g/mol. The van der Waals surface area contributed by atoms with E-state index < -0.39 is 6.10 Å². The number of benzene rings is 2. The predicted octanol–water partition coefficient (Wildman–Crippen LogP) is 3.81. The average Bonchev–Trinajstić information content (AvgIpc) is 3.19. The third-order valence-corrected chi connectivity index (χ3v) is 4.92. The summed E-state index contributed by atoms with van der Waals surface area (Å²) in [5.74, 6) is 1.05. The van der Waals surface area contributed by atoms with Crippen molar-refractivity contribution in [2.24, 2.45) is 12.8 Å². The molecular weight excluding hydrogens is 390 g/mol. The molecule has 0 saturated heterocycles. The maximum absolute atomic E-state index is 9.93. The number of hydrogen-bond acceptors (Lipinski definition) is 6. The number of hydrogen-bond donors (Lipinski definition) is 2. The third-order valence-electron chi connectivity index (χ3n) is 4.92. The predicted molar refractivity (Wildman–Crippen MR) is 117 cm³/mol. The van der Waals surface area contributed by atoms with E-state index in [-0.39, 0.29) is 6.54 Å². The summed E-state index contributed by atoms with van der Waals surface area (Å²) < 4.78 is 7.82. The van der Waals surface area contributed by atoms with Crippen LogP contribution in [0.15, 0.2) is 72.9 Å². The lowest BCUT2D eigenvalue weighted by atomic mass is 10.00. The maximum atomic E-state index is 9.93. The molecule has 7 nitrogen and oxygen atoms in total. The molecule has 31 heavy (non-hydrogen) atoms. The van der Waals surface area contributed by atoms with Gasteiger partial charge in [0.15, 0.2) is 0 Å². The molecule has 1 atom stereocenters. The normalized spacial score (nSPS) is 11.7. The quantitative estimate of drug-likeness (QED) is 0.499. The van der Waals surface area contributed by atoms with Crippen LogP contribution < -0.4 is 10.5 Å². The molecule has 2 aromatic carbocycles. The molecule has 0 aliphatic rings. The van der Waals surface area contributed by atoms with E-state index >= 15 is 0 Å². The lowest BCUT2D eigenvalue weighted by Gasteiger charge is -2.13. The standard InChI is InChI=1S/C24H21N5O2/c1-29-24(13-21(28-29)20-4-2-3-11-27-20)31-23-12-16(14-25)5-10-19(23)17-6-8-18(9-7-17)22(30)15-26/h2-13,22,30H,15,26H2,1H3. The minimum Gasteiger partial charge on any atom is -0.439 e. The molecular formula is C24H21N5O2. The molecule has 0 fully saturated rings. The van der Waals surface area contributed by atoms with Gasteiger partial charge in [0.1, 0.15) is 11.4 Å². The summed E-state index contributed by atoms with van der Waals surface area (Å²) in [6.45, 7) is 0.156. The molecule has 3 N–H and O–H groups in total. The van der Waals surface area contributed by atoms with Gasteiger partial charge in [-0.05, 0) is 41.5 Å². The zero-order chi connectivity index (χ0) is 21.8. The van der Waals surface area contributed by atoms with Crippen LogP contribution in [0, 0.1) is 11.3 Å². The first kappa shape index (κ1) is 20.3. The Labute approximate surface area is 180 Å². The number of aliphatic hydroxyl groups excluding tert-OH is 1. The molecule has 7 heteroatoms. The molecule has 0 aliphatic heterocycles. The largest absolute Gasteiger partial charge is 0.439 e. The molecule has 0 aliphatic carbocycles. The lowest BCUT2D eigenvalue weighted by molar-refractivity contribution is 0.187. The van der Waals surface area contributed by atoms with E-state index in [9.17, 15) is 10.4 Å². The van der Waals surface area contributed by atoms with Crippen molar-refractivity contribution < 1.29 is 9.84 Å². The monoisotopic (exact) mass is 411 g/mol.